The van der Waals surface area contributed by atoms with Crippen LogP contribution in [0, 0.1) is 6.92 Å². The highest BCUT2D eigenvalue weighted by molar-refractivity contribution is 9.10. The highest BCUT2D eigenvalue weighted by Gasteiger charge is 2.36. The molecule has 0 aliphatic rings. The van der Waals surface area contributed by atoms with Gasteiger partial charge in [0.15, 0.2) is 0 Å². The van der Waals surface area contributed by atoms with Gasteiger partial charge >= 0.3 is 10.8 Å². The van der Waals surface area contributed by atoms with Gasteiger partial charge in [0.1, 0.15) is 6.61 Å². The van der Waals surface area contributed by atoms with Gasteiger partial charge < -0.3 is 4.74 Å². The van der Waals surface area contributed by atoms with Crippen LogP contribution in [0.15, 0.2) is 24.3 Å². The van der Waals surface area contributed by atoms with Crippen LogP contribution < -0.4 is 0 Å². The third-order valence-corrected chi connectivity index (χ3v) is 2.05. The number of carbonyl (C=O) groups is 1. The van der Waals surface area contributed by atoms with E-state index in [1.54, 1.807) is 12.1 Å². The number of ether oxygens (including phenoxy) is 1. The first-order valence-corrected chi connectivity index (χ1v) is 4.98. The van der Waals surface area contributed by atoms with Crippen LogP contribution in [0.2, 0.25) is 0 Å². The molecule has 0 N–H and O–H groups in total. The molecule has 15 heavy (non-hydrogen) atoms. The van der Waals surface area contributed by atoms with Crippen LogP contribution >= 0.6 is 15.9 Å². The van der Waals surface area contributed by atoms with Gasteiger partial charge in [0.25, 0.3) is 0 Å². The summed E-state index contributed by atoms with van der Waals surface area (Å²) in [6.45, 7) is 1.75. The molecule has 0 fully saturated rings. The molecule has 1 aromatic carbocycles. The molecule has 0 aromatic heterocycles. The Kier molecular flexibility index (Phi) is 3.79. The minimum absolute atomic E-state index is 0.152. The third-order valence-electron chi connectivity index (χ3n) is 1.72. The minimum Gasteiger partial charge on any atom is -0.456 e. The van der Waals surface area contributed by atoms with Gasteiger partial charge in [0, 0.05) is 15.9 Å². The molecule has 0 spiro atoms. The number of hydrogen-bond donors (Lipinski definition) is 0. The molecule has 0 saturated heterocycles. The van der Waals surface area contributed by atoms with Gasteiger partial charge in [-0.05, 0) is 12.5 Å². The molecule has 2 nitrogen and oxygen atoms in total. The standard InChI is InChI=1S/C10H9BrF2O2/c1-7-2-4-8(5-3-7)6-15-9(14)10(11,12)13/h2-5H,6H2,1H3. The SMILES string of the molecule is Cc1ccc(COC(=O)C(F)(F)Br)cc1. The zero-order valence-electron chi connectivity index (χ0n) is 7.97. The summed E-state index contributed by atoms with van der Waals surface area (Å²) in [4.78, 5) is 7.07. The molecule has 0 saturated carbocycles. The molecule has 1 aromatic rings. The van der Waals surface area contributed by atoms with Crippen LogP contribution in [0.25, 0.3) is 0 Å². The van der Waals surface area contributed by atoms with E-state index in [0.29, 0.717) is 5.56 Å². The number of rotatable bonds is 3. The van der Waals surface area contributed by atoms with Crippen LogP contribution in [0.4, 0.5) is 8.78 Å². The molecule has 82 valence electrons. The van der Waals surface area contributed by atoms with Crippen molar-refractivity contribution in [3.8, 4) is 0 Å². The fourth-order valence-corrected chi connectivity index (χ4v) is 1.03. The molecule has 0 aliphatic heterocycles. The van der Waals surface area contributed by atoms with Gasteiger partial charge in [-0.2, -0.15) is 8.78 Å². The number of aryl methyl sites for hydroxylation is 1. The Balaban J connectivity index is 2.51. The monoisotopic (exact) mass is 278 g/mol. The Labute approximate surface area is 94.4 Å². The maximum absolute atomic E-state index is 12.3. The van der Waals surface area contributed by atoms with Crippen molar-refractivity contribution in [1.82, 2.24) is 0 Å². The Morgan fingerprint density at radius 1 is 1.40 bits per heavy atom. The highest BCUT2D eigenvalue weighted by Crippen LogP contribution is 2.23. The first-order valence-electron chi connectivity index (χ1n) is 4.19. The fraction of sp³-hybridized carbons (Fsp3) is 0.300. The van der Waals surface area contributed by atoms with Crippen LogP contribution in [0.3, 0.4) is 0 Å². The van der Waals surface area contributed by atoms with Gasteiger partial charge in [0.05, 0.1) is 0 Å². The van der Waals surface area contributed by atoms with Crippen molar-refractivity contribution in [2.24, 2.45) is 0 Å². The molecular weight excluding hydrogens is 270 g/mol. The van der Waals surface area contributed by atoms with E-state index >= 15 is 0 Å². The van der Waals surface area contributed by atoms with Crippen molar-refractivity contribution in [2.75, 3.05) is 0 Å². The third kappa shape index (κ3) is 3.95. The predicted molar refractivity (Wildman–Crippen MR) is 54.8 cm³/mol. The van der Waals surface area contributed by atoms with Crippen molar-refractivity contribution in [3.63, 3.8) is 0 Å². The van der Waals surface area contributed by atoms with Gasteiger partial charge in [0.2, 0.25) is 0 Å². The summed E-state index contributed by atoms with van der Waals surface area (Å²) in [5.41, 5.74) is 1.72. The van der Waals surface area contributed by atoms with E-state index in [2.05, 4.69) is 4.74 Å². The minimum atomic E-state index is -3.61. The lowest BCUT2D eigenvalue weighted by atomic mass is 10.2. The maximum atomic E-state index is 12.3. The van der Waals surface area contributed by atoms with Crippen LogP contribution in [-0.2, 0) is 16.1 Å². The largest absolute Gasteiger partial charge is 0.456 e. The number of alkyl halides is 3. The summed E-state index contributed by atoms with van der Waals surface area (Å²) in [5, 5.41) is 0. The van der Waals surface area contributed by atoms with Crippen LogP contribution in [0.1, 0.15) is 11.1 Å². The average Bonchev–Trinajstić information content (AvgIpc) is 2.15. The van der Waals surface area contributed by atoms with Crippen LogP contribution in [-0.4, -0.2) is 10.8 Å². The lowest BCUT2D eigenvalue weighted by molar-refractivity contribution is -0.160. The normalized spacial score (nSPS) is 11.2. The molecular formula is C10H9BrF2O2. The second-order valence-electron chi connectivity index (χ2n) is 3.06. The number of halogens is 3. The second-order valence-corrected chi connectivity index (χ2v) is 4.06. The summed E-state index contributed by atoms with van der Waals surface area (Å²) in [6, 6.07) is 7.06. The molecule has 0 amide bonds. The van der Waals surface area contributed by atoms with E-state index < -0.39 is 10.8 Å². The van der Waals surface area contributed by atoms with Gasteiger partial charge in [-0.1, -0.05) is 29.8 Å². The molecule has 0 bridgehead atoms. The van der Waals surface area contributed by atoms with Gasteiger partial charge in [-0.3, -0.25) is 0 Å². The predicted octanol–water partition coefficient (Wildman–Crippen LogP) is 3.03. The number of hydrogen-bond acceptors (Lipinski definition) is 2. The van der Waals surface area contributed by atoms with Crippen molar-refractivity contribution in [3.05, 3.63) is 35.4 Å². The number of carbonyl (C=O) groups excluding carboxylic acids is 1. The van der Waals surface area contributed by atoms with E-state index in [0.717, 1.165) is 5.56 Å². The maximum Gasteiger partial charge on any atom is 0.396 e. The molecule has 0 radical (unpaired) electrons. The van der Waals surface area contributed by atoms with Crippen molar-refractivity contribution >= 4 is 21.9 Å². The van der Waals surface area contributed by atoms with E-state index in [1.807, 2.05) is 35.0 Å². The Bertz CT molecular complexity index is 343. The first kappa shape index (κ1) is 12.1. The summed E-state index contributed by atoms with van der Waals surface area (Å²) in [6.07, 6.45) is 0. The Morgan fingerprint density at radius 3 is 2.40 bits per heavy atom. The van der Waals surface area contributed by atoms with Gasteiger partial charge in [-0.15, -0.1) is 0 Å². The van der Waals surface area contributed by atoms with Gasteiger partial charge in [-0.25, -0.2) is 4.79 Å². The molecule has 0 heterocycles. The molecule has 0 aliphatic carbocycles. The fourth-order valence-electron chi connectivity index (χ4n) is 0.915. The van der Waals surface area contributed by atoms with E-state index in [-0.39, 0.29) is 6.61 Å². The first-order chi connectivity index (χ1) is 6.89. The van der Waals surface area contributed by atoms with E-state index in [9.17, 15) is 13.6 Å². The van der Waals surface area contributed by atoms with E-state index in [4.69, 9.17) is 0 Å². The van der Waals surface area contributed by atoms with E-state index in [1.165, 1.54) is 0 Å². The quantitative estimate of drug-likeness (QED) is 0.628. The summed E-state index contributed by atoms with van der Waals surface area (Å²) < 4.78 is 29.0. The zero-order valence-corrected chi connectivity index (χ0v) is 9.55. The van der Waals surface area contributed by atoms with Crippen LogP contribution in [0.5, 0.6) is 0 Å². The van der Waals surface area contributed by atoms with Crippen molar-refractivity contribution in [2.45, 2.75) is 18.4 Å². The smallest absolute Gasteiger partial charge is 0.396 e. The number of benzene rings is 1. The highest BCUT2D eigenvalue weighted by atomic mass is 79.9. The lowest BCUT2D eigenvalue weighted by Gasteiger charge is -2.08. The lowest BCUT2D eigenvalue weighted by Crippen LogP contribution is -2.23. The van der Waals surface area contributed by atoms with Crippen molar-refractivity contribution < 1.29 is 18.3 Å². The van der Waals surface area contributed by atoms with Crippen molar-refractivity contribution in [1.29, 1.82) is 0 Å². The number of esters is 1. The zero-order chi connectivity index (χ0) is 11.5. The Hall–Kier alpha value is -0.970. The molecule has 5 heteroatoms. The average molecular weight is 279 g/mol. The summed E-state index contributed by atoms with van der Waals surface area (Å²) >= 11 is 1.92. The topological polar surface area (TPSA) is 26.3 Å². The summed E-state index contributed by atoms with van der Waals surface area (Å²) in [5.74, 6) is -1.58. The molecule has 1 rings (SSSR count). The molecule has 0 unspecified atom stereocenters. The Morgan fingerprint density at radius 2 is 1.93 bits per heavy atom. The molecule has 0 atom stereocenters. The second kappa shape index (κ2) is 4.70. The summed E-state index contributed by atoms with van der Waals surface area (Å²) in [7, 11) is 0.